The predicted molar refractivity (Wildman–Crippen MR) is 109 cm³/mol. The third kappa shape index (κ3) is 4.50. The van der Waals surface area contributed by atoms with Gasteiger partial charge in [0.1, 0.15) is 12.4 Å². The number of ether oxygens (including phenoxy) is 1. The van der Waals surface area contributed by atoms with Gasteiger partial charge >= 0.3 is 0 Å². The molecule has 140 valence electrons. The lowest BCUT2D eigenvalue weighted by molar-refractivity contribution is 0.0998. The highest BCUT2D eigenvalue weighted by Crippen LogP contribution is 2.24. The van der Waals surface area contributed by atoms with Gasteiger partial charge < -0.3 is 10.1 Å². The highest BCUT2D eigenvalue weighted by Gasteiger charge is 2.20. The Balaban J connectivity index is 1.34. The van der Waals surface area contributed by atoms with Crippen LogP contribution in [0.25, 0.3) is 0 Å². The first-order valence-corrected chi connectivity index (χ1v) is 9.28. The number of rotatable bonds is 7. The van der Waals surface area contributed by atoms with Crippen molar-refractivity contribution in [3.05, 3.63) is 89.7 Å². The largest absolute Gasteiger partial charge is 0.488 e. The third-order valence-electron chi connectivity index (χ3n) is 4.55. The van der Waals surface area contributed by atoms with Crippen LogP contribution < -0.4 is 10.1 Å². The van der Waals surface area contributed by atoms with Gasteiger partial charge in [0.25, 0.3) is 0 Å². The molecule has 0 fully saturated rings. The minimum atomic E-state index is 0.0601. The van der Waals surface area contributed by atoms with Gasteiger partial charge in [-0.3, -0.25) is 14.8 Å². The molecule has 28 heavy (non-hydrogen) atoms. The lowest BCUT2D eigenvalue weighted by atomic mass is 10.0. The Morgan fingerprint density at radius 3 is 2.68 bits per heavy atom. The maximum Gasteiger partial charge on any atom is 0.170 e. The summed E-state index contributed by atoms with van der Waals surface area (Å²) < 4.78 is 5.88. The van der Waals surface area contributed by atoms with Crippen LogP contribution in [-0.2, 0) is 13.1 Å². The van der Waals surface area contributed by atoms with Crippen molar-refractivity contribution in [2.75, 3.05) is 6.61 Å². The van der Waals surface area contributed by atoms with E-state index in [0.29, 0.717) is 17.9 Å². The molecule has 1 aliphatic rings. The summed E-state index contributed by atoms with van der Waals surface area (Å²) in [5, 5.41) is 3.44. The fourth-order valence-electron chi connectivity index (χ4n) is 3.14. The topological polar surface area (TPSA) is 63.6 Å². The Labute approximate surface area is 164 Å². The Kier molecular flexibility index (Phi) is 5.54. The number of fused-ring (bicyclic) bond motifs is 1. The summed E-state index contributed by atoms with van der Waals surface area (Å²) >= 11 is 0. The van der Waals surface area contributed by atoms with Crippen molar-refractivity contribution in [1.82, 2.24) is 10.3 Å². The van der Waals surface area contributed by atoms with Crippen LogP contribution in [0.4, 0.5) is 5.69 Å². The number of hydrogen-bond acceptors (Lipinski definition) is 5. The molecule has 1 aliphatic heterocycles. The molecule has 2 aromatic carbocycles. The molecule has 0 atom stereocenters. The quantitative estimate of drug-likeness (QED) is 0.679. The zero-order valence-electron chi connectivity index (χ0n) is 15.5. The molecule has 0 unspecified atom stereocenters. The molecule has 0 bridgehead atoms. The fourth-order valence-corrected chi connectivity index (χ4v) is 3.14. The number of hydrogen-bond donors (Lipinski definition) is 1. The Hall–Kier alpha value is -3.31. The number of pyridine rings is 1. The average molecular weight is 371 g/mol. The molecule has 0 spiro atoms. The van der Waals surface area contributed by atoms with Gasteiger partial charge in [-0.25, -0.2) is 0 Å². The van der Waals surface area contributed by atoms with Crippen LogP contribution >= 0.6 is 0 Å². The van der Waals surface area contributed by atoms with Gasteiger partial charge in [-0.2, -0.15) is 0 Å². The Morgan fingerprint density at radius 2 is 1.79 bits per heavy atom. The SMILES string of the molecule is O=C1CC(COc2cccc(CNCc3ccccc3)c2)=Nc2cnccc21. The van der Waals surface area contributed by atoms with E-state index < -0.39 is 0 Å². The van der Waals surface area contributed by atoms with E-state index in [-0.39, 0.29) is 12.2 Å². The van der Waals surface area contributed by atoms with Crippen LogP contribution in [0.2, 0.25) is 0 Å². The van der Waals surface area contributed by atoms with Gasteiger partial charge in [-0.1, -0.05) is 42.5 Å². The van der Waals surface area contributed by atoms with E-state index in [2.05, 4.69) is 33.5 Å². The average Bonchev–Trinajstić information content (AvgIpc) is 2.73. The van der Waals surface area contributed by atoms with Crippen LogP contribution in [0.15, 0.2) is 78.0 Å². The van der Waals surface area contributed by atoms with E-state index in [1.165, 1.54) is 5.56 Å². The van der Waals surface area contributed by atoms with E-state index in [4.69, 9.17) is 4.74 Å². The molecule has 0 saturated heterocycles. The number of Topliss-reactive ketones (excluding diaryl/α,β-unsaturated/α-hetero) is 1. The van der Waals surface area contributed by atoms with Crippen molar-refractivity contribution in [3.63, 3.8) is 0 Å². The normalized spacial score (nSPS) is 13.0. The third-order valence-corrected chi connectivity index (χ3v) is 4.55. The van der Waals surface area contributed by atoms with Crippen molar-refractivity contribution in [2.45, 2.75) is 19.5 Å². The summed E-state index contributed by atoms with van der Waals surface area (Å²) in [4.78, 5) is 20.8. The number of carbonyl (C=O) groups excluding carboxylic acids is 1. The molecule has 5 nitrogen and oxygen atoms in total. The first-order chi connectivity index (χ1) is 13.8. The second-order valence-electron chi connectivity index (χ2n) is 6.70. The molecule has 1 aromatic heterocycles. The van der Waals surface area contributed by atoms with E-state index in [1.54, 1.807) is 18.5 Å². The minimum absolute atomic E-state index is 0.0601. The number of aromatic nitrogens is 1. The first-order valence-electron chi connectivity index (χ1n) is 9.28. The van der Waals surface area contributed by atoms with Crippen molar-refractivity contribution in [3.8, 4) is 5.75 Å². The number of carbonyl (C=O) groups is 1. The van der Waals surface area contributed by atoms with Crippen molar-refractivity contribution in [1.29, 1.82) is 0 Å². The number of nitrogens with one attached hydrogen (secondary N) is 1. The molecule has 4 rings (SSSR count). The second kappa shape index (κ2) is 8.59. The van der Waals surface area contributed by atoms with E-state index in [0.717, 1.165) is 30.1 Å². The van der Waals surface area contributed by atoms with Crippen LogP contribution in [0, 0.1) is 0 Å². The highest BCUT2D eigenvalue weighted by atomic mass is 16.5. The molecule has 2 heterocycles. The summed E-state index contributed by atoms with van der Waals surface area (Å²) in [6.45, 7) is 1.86. The highest BCUT2D eigenvalue weighted by molar-refractivity contribution is 6.16. The molecular formula is C23H21N3O2. The van der Waals surface area contributed by atoms with E-state index >= 15 is 0 Å². The Morgan fingerprint density at radius 1 is 0.964 bits per heavy atom. The zero-order valence-corrected chi connectivity index (χ0v) is 15.5. The lowest BCUT2D eigenvalue weighted by Crippen LogP contribution is -2.19. The Bertz CT molecular complexity index is 999. The second-order valence-corrected chi connectivity index (χ2v) is 6.70. The van der Waals surface area contributed by atoms with Crippen LogP contribution in [0.1, 0.15) is 27.9 Å². The molecule has 5 heteroatoms. The molecule has 1 N–H and O–H groups in total. The maximum absolute atomic E-state index is 12.2. The molecular weight excluding hydrogens is 350 g/mol. The van der Waals surface area contributed by atoms with Gasteiger partial charge in [0.2, 0.25) is 0 Å². The van der Waals surface area contributed by atoms with Crippen LogP contribution in [0.5, 0.6) is 5.75 Å². The van der Waals surface area contributed by atoms with Gasteiger partial charge in [0, 0.05) is 24.8 Å². The van der Waals surface area contributed by atoms with Crippen LogP contribution in [0.3, 0.4) is 0 Å². The molecule has 0 aliphatic carbocycles. The van der Waals surface area contributed by atoms with Crippen molar-refractivity contribution in [2.24, 2.45) is 4.99 Å². The van der Waals surface area contributed by atoms with Gasteiger partial charge in [0.05, 0.1) is 24.0 Å². The fraction of sp³-hybridized carbons (Fsp3) is 0.174. The van der Waals surface area contributed by atoms with Gasteiger partial charge in [-0.05, 0) is 29.3 Å². The number of nitrogens with zero attached hydrogens (tertiary/aromatic N) is 2. The number of ketones is 1. The lowest BCUT2D eigenvalue weighted by Gasteiger charge is -2.15. The zero-order chi connectivity index (χ0) is 19.2. The van der Waals surface area contributed by atoms with Gasteiger partial charge in [-0.15, -0.1) is 0 Å². The summed E-state index contributed by atoms with van der Waals surface area (Å²) in [5.41, 5.74) is 4.37. The predicted octanol–water partition coefficient (Wildman–Crippen LogP) is 4.11. The summed E-state index contributed by atoms with van der Waals surface area (Å²) in [6.07, 6.45) is 3.52. The first kappa shape index (κ1) is 18.1. The monoisotopic (exact) mass is 371 g/mol. The van der Waals surface area contributed by atoms with E-state index in [9.17, 15) is 4.79 Å². The minimum Gasteiger partial charge on any atom is -0.488 e. The molecule has 0 saturated carbocycles. The number of aliphatic imine (C=N–C) groups is 1. The standard InChI is InChI=1S/C23H21N3O2/c27-23-12-19(26-22-15-24-10-9-21(22)23)16-28-20-8-4-7-18(11-20)14-25-13-17-5-2-1-3-6-17/h1-11,15,25H,12-14,16H2. The smallest absolute Gasteiger partial charge is 0.170 e. The van der Waals surface area contributed by atoms with Crippen molar-refractivity contribution < 1.29 is 9.53 Å². The van der Waals surface area contributed by atoms with E-state index in [1.807, 2.05) is 36.4 Å². The van der Waals surface area contributed by atoms with Crippen LogP contribution in [-0.4, -0.2) is 23.1 Å². The van der Waals surface area contributed by atoms with Gasteiger partial charge in [0.15, 0.2) is 5.78 Å². The molecule has 0 amide bonds. The molecule has 0 radical (unpaired) electrons. The summed E-state index contributed by atoms with van der Waals surface area (Å²) in [6, 6.07) is 20.0. The van der Waals surface area contributed by atoms with Crippen molar-refractivity contribution >= 4 is 17.2 Å². The number of benzene rings is 2. The molecule has 3 aromatic rings. The summed E-state index contributed by atoms with van der Waals surface area (Å²) in [5.74, 6) is 0.830. The summed E-state index contributed by atoms with van der Waals surface area (Å²) in [7, 11) is 0. The maximum atomic E-state index is 12.2.